The normalized spacial score (nSPS) is 16.3. The number of rotatable bonds is 7. The van der Waals surface area contributed by atoms with Crippen molar-refractivity contribution in [3.8, 4) is 0 Å². The number of nitrogens with zero attached hydrogens (tertiary/aromatic N) is 4. The number of anilines is 2. The van der Waals surface area contributed by atoms with Gasteiger partial charge in [-0.3, -0.25) is 10.8 Å². The molecule has 0 saturated carbocycles. The second-order valence-corrected chi connectivity index (χ2v) is 10.8. The Balaban J connectivity index is 0.00000432. The van der Waals surface area contributed by atoms with Gasteiger partial charge in [0, 0.05) is 41.6 Å². The summed E-state index contributed by atoms with van der Waals surface area (Å²) in [6.07, 6.45) is 1.50. The van der Waals surface area contributed by atoms with E-state index in [-0.39, 0.29) is 33.3 Å². The van der Waals surface area contributed by atoms with Crippen LogP contribution in [0.2, 0.25) is 0 Å². The third-order valence-corrected chi connectivity index (χ3v) is 7.73. The first kappa shape index (κ1) is 25.5. The van der Waals surface area contributed by atoms with E-state index in [0.717, 1.165) is 5.56 Å². The van der Waals surface area contributed by atoms with Crippen LogP contribution in [0, 0.1) is 10.8 Å². The number of ether oxygens (including phenoxy) is 1. The molecule has 0 atom stereocenters. The number of sulfonamides is 1. The Labute approximate surface area is 204 Å². The first-order valence-corrected chi connectivity index (χ1v) is 12.6. The molecule has 1 fully saturated rings. The first-order chi connectivity index (χ1) is 16.0. The van der Waals surface area contributed by atoms with Crippen LogP contribution in [0.4, 0.5) is 11.6 Å². The molecule has 190 valence electrons. The maximum atomic E-state index is 12.5. The Morgan fingerprint density at radius 3 is 2.50 bits per heavy atom. The summed E-state index contributed by atoms with van der Waals surface area (Å²) in [7, 11) is -1.48. The molecule has 5 N–H and O–H groups in total. The third kappa shape index (κ3) is 5.51. The molecule has 2 aromatic rings. The van der Waals surface area contributed by atoms with E-state index in [4.69, 9.17) is 21.3 Å². The van der Waals surface area contributed by atoms with Crippen LogP contribution in [-0.2, 0) is 21.3 Å². The number of hydrogen-bond donors (Lipinski definition) is 4. The Kier molecular flexibility index (Phi) is 7.54. The summed E-state index contributed by atoms with van der Waals surface area (Å²) in [5.41, 5.74) is 6.91. The predicted molar refractivity (Wildman–Crippen MR) is 139 cm³/mol. The van der Waals surface area contributed by atoms with Crippen LogP contribution in [0.25, 0.3) is 0 Å². The monoisotopic (exact) mass is 494 g/mol. The van der Waals surface area contributed by atoms with Crippen LogP contribution in [-0.4, -0.2) is 72.5 Å². The molecule has 34 heavy (non-hydrogen) atoms. The molecule has 0 bridgehead atoms. The number of hydrogen-bond acceptors (Lipinski definition) is 10. The van der Waals surface area contributed by atoms with Gasteiger partial charge in [-0.1, -0.05) is 12.1 Å². The average molecular weight is 495 g/mol. The highest BCUT2D eigenvalue weighted by Crippen LogP contribution is 2.27. The van der Waals surface area contributed by atoms with Gasteiger partial charge >= 0.3 is 0 Å². The highest BCUT2D eigenvalue weighted by atomic mass is 32.2. The molecule has 1 aliphatic rings. The van der Waals surface area contributed by atoms with E-state index in [0.29, 0.717) is 37.6 Å². The number of piperazine rings is 1. The van der Waals surface area contributed by atoms with Gasteiger partial charge in [0.1, 0.15) is 5.82 Å². The van der Waals surface area contributed by atoms with E-state index in [1.54, 1.807) is 19.1 Å². The molecule has 0 amide bonds. The van der Waals surface area contributed by atoms with Gasteiger partial charge in [0.05, 0.1) is 11.9 Å². The van der Waals surface area contributed by atoms with Crippen molar-refractivity contribution < 1.29 is 17.4 Å². The molecular weight excluding hydrogens is 456 g/mol. The largest absolute Gasteiger partial charge is 0.419 e. The maximum absolute atomic E-state index is 12.5. The lowest BCUT2D eigenvalue weighted by molar-refractivity contribution is 0.204. The molecule has 0 unspecified atom stereocenters. The Morgan fingerprint density at radius 2 is 1.91 bits per heavy atom. The number of nitrogen functional groups attached to an aromatic ring is 1. The molecule has 12 heteroatoms. The Bertz CT molecular complexity index is 1180. The van der Waals surface area contributed by atoms with Gasteiger partial charge in [-0.05, 0) is 45.5 Å². The SMILES string of the molecule is CCS(=O)(=O)N1CCN(c2cnc(N)c(C(=N)OC(=N)c3ccc(CNC)cc3)n2)CC1(C)C.[HH].[HH].[HH]. The number of benzene rings is 1. The summed E-state index contributed by atoms with van der Waals surface area (Å²) in [6, 6.07) is 7.25. The molecule has 0 aliphatic carbocycles. The van der Waals surface area contributed by atoms with Crippen molar-refractivity contribution in [3.63, 3.8) is 0 Å². The van der Waals surface area contributed by atoms with E-state index in [9.17, 15) is 8.42 Å². The second kappa shape index (κ2) is 10.0. The lowest BCUT2D eigenvalue weighted by Crippen LogP contribution is -2.61. The van der Waals surface area contributed by atoms with Crippen LogP contribution in [0.5, 0.6) is 0 Å². The smallest absolute Gasteiger partial charge is 0.243 e. The Morgan fingerprint density at radius 1 is 1.24 bits per heavy atom. The minimum Gasteiger partial charge on any atom is -0.419 e. The minimum absolute atomic E-state index is 0. The van der Waals surface area contributed by atoms with Crippen LogP contribution < -0.4 is 16.0 Å². The lowest BCUT2D eigenvalue weighted by atomic mass is 10.0. The number of nitrogens with one attached hydrogen (secondary N) is 3. The predicted octanol–water partition coefficient (Wildman–Crippen LogP) is 2.13. The molecule has 1 saturated heterocycles. The molecular formula is C22H38N8O3S. The highest BCUT2D eigenvalue weighted by Gasteiger charge is 2.40. The summed E-state index contributed by atoms with van der Waals surface area (Å²) < 4.78 is 31.9. The van der Waals surface area contributed by atoms with Crippen LogP contribution in [0.1, 0.15) is 41.9 Å². The van der Waals surface area contributed by atoms with Gasteiger partial charge < -0.3 is 20.7 Å². The fraction of sp³-hybridized carbons (Fsp3) is 0.455. The zero-order valence-corrected chi connectivity index (χ0v) is 20.7. The van der Waals surface area contributed by atoms with Crippen LogP contribution in [0.3, 0.4) is 0 Å². The third-order valence-electron chi connectivity index (χ3n) is 5.65. The van der Waals surface area contributed by atoms with Gasteiger partial charge in [0.25, 0.3) is 0 Å². The zero-order valence-electron chi connectivity index (χ0n) is 19.9. The minimum atomic E-state index is -3.34. The molecule has 1 aromatic carbocycles. The van der Waals surface area contributed by atoms with Gasteiger partial charge in [0.2, 0.25) is 21.8 Å². The van der Waals surface area contributed by atoms with Gasteiger partial charge in [-0.15, -0.1) is 0 Å². The molecule has 2 heterocycles. The van der Waals surface area contributed by atoms with Crippen LogP contribution in [0.15, 0.2) is 30.5 Å². The molecule has 0 radical (unpaired) electrons. The van der Waals surface area contributed by atoms with E-state index in [1.807, 2.05) is 37.9 Å². The number of aromatic nitrogens is 2. The topological polar surface area (TPSA) is 161 Å². The molecule has 0 spiro atoms. The van der Waals surface area contributed by atoms with Crippen molar-refractivity contribution in [2.45, 2.75) is 32.9 Å². The molecule has 1 aliphatic heterocycles. The number of nitrogens with two attached hydrogens (primary N) is 1. The van der Waals surface area contributed by atoms with E-state index < -0.39 is 15.6 Å². The van der Waals surface area contributed by atoms with Gasteiger partial charge in [-0.2, -0.15) is 4.31 Å². The van der Waals surface area contributed by atoms with Gasteiger partial charge in [-0.25, -0.2) is 18.4 Å². The summed E-state index contributed by atoms with van der Waals surface area (Å²) in [5.74, 6) is -0.0739. The van der Waals surface area contributed by atoms with Crippen molar-refractivity contribution in [2.24, 2.45) is 0 Å². The molecule has 11 nitrogen and oxygen atoms in total. The Hall–Kier alpha value is -3.09. The summed E-state index contributed by atoms with van der Waals surface area (Å²) >= 11 is 0. The lowest BCUT2D eigenvalue weighted by Gasteiger charge is -2.46. The summed E-state index contributed by atoms with van der Waals surface area (Å²) in [6.45, 7) is 7.20. The standard InChI is InChI=1S/C22H32N8O3S.3H2/c1-5-34(31,32)30-11-10-29(14-22(30,2)3)17-13-27-19(23)18(28-17)21(25)33-20(24)16-8-6-15(7-9-16)12-26-4;;;/h6-9,13,24-26H,5,10-12,14H2,1-4H3,(H2,23,27);3*1H. The quantitative estimate of drug-likeness (QED) is 0.336. The second-order valence-electron chi connectivity index (χ2n) is 8.66. The molecule has 1 aromatic heterocycles. The van der Waals surface area contributed by atoms with Crippen molar-refractivity contribution in [3.05, 3.63) is 47.3 Å². The van der Waals surface area contributed by atoms with Crippen molar-refractivity contribution in [1.29, 1.82) is 10.8 Å². The summed E-state index contributed by atoms with van der Waals surface area (Å²) in [4.78, 5) is 10.5. The summed E-state index contributed by atoms with van der Waals surface area (Å²) in [5, 5.41) is 19.6. The van der Waals surface area contributed by atoms with Gasteiger partial charge in [0.15, 0.2) is 11.5 Å². The molecule has 3 rings (SSSR count). The van der Waals surface area contributed by atoms with Crippen molar-refractivity contribution in [2.75, 3.05) is 43.1 Å². The van der Waals surface area contributed by atoms with Crippen LogP contribution >= 0.6 is 0 Å². The van der Waals surface area contributed by atoms with Crippen molar-refractivity contribution in [1.82, 2.24) is 19.6 Å². The maximum Gasteiger partial charge on any atom is 0.243 e. The van der Waals surface area contributed by atoms with E-state index in [1.165, 1.54) is 10.5 Å². The first-order valence-electron chi connectivity index (χ1n) is 11.0. The fourth-order valence-electron chi connectivity index (χ4n) is 3.90. The fourth-order valence-corrected chi connectivity index (χ4v) is 5.38. The highest BCUT2D eigenvalue weighted by molar-refractivity contribution is 7.89. The average Bonchev–Trinajstić information content (AvgIpc) is 2.79. The zero-order chi connectivity index (χ0) is 25.1. The van der Waals surface area contributed by atoms with Crippen molar-refractivity contribution >= 4 is 33.5 Å². The van der Waals surface area contributed by atoms with E-state index in [2.05, 4.69) is 15.3 Å². The van der Waals surface area contributed by atoms with E-state index >= 15 is 0 Å².